The molecule has 4 heteroatoms. The lowest BCUT2D eigenvalue weighted by atomic mass is 10.3. The third kappa shape index (κ3) is 1.60. The maximum Gasteiger partial charge on any atom is 0.0591 e. The van der Waals surface area contributed by atoms with Crippen molar-refractivity contribution in [2.45, 2.75) is 9.79 Å². The first-order chi connectivity index (χ1) is 4.75. The van der Waals surface area contributed by atoms with Gasteiger partial charge in [0.25, 0.3) is 0 Å². The molecule has 2 N–H and O–H groups in total. The van der Waals surface area contributed by atoms with Crippen LogP contribution >= 0.6 is 32.5 Å². The monoisotopic (exact) mass is 189 g/mol. The van der Waals surface area contributed by atoms with Gasteiger partial charge in [-0.15, -0.1) is 24.0 Å². The van der Waals surface area contributed by atoms with Gasteiger partial charge < -0.3 is 5.73 Å². The highest BCUT2D eigenvalue weighted by Gasteiger charge is 1.98. The molecular formula is C6H8NPS2. The summed E-state index contributed by atoms with van der Waals surface area (Å²) in [5, 5.41) is 0. The van der Waals surface area contributed by atoms with E-state index in [1.165, 1.54) is 0 Å². The van der Waals surface area contributed by atoms with E-state index >= 15 is 0 Å². The molecule has 1 aromatic carbocycles. The minimum Gasteiger partial charge on any atom is -0.397 e. The van der Waals surface area contributed by atoms with Gasteiger partial charge in [0.05, 0.1) is 5.69 Å². The molecule has 10 heavy (non-hydrogen) atoms. The summed E-state index contributed by atoms with van der Waals surface area (Å²) in [5.74, 6) is 0. The second kappa shape index (κ2) is 3.51. The molecule has 0 aliphatic rings. The second-order valence-corrected chi connectivity index (χ2v) is 3.67. The summed E-state index contributed by atoms with van der Waals surface area (Å²) in [6.07, 6.45) is 0. The highest BCUT2D eigenvalue weighted by atomic mass is 32.7. The number of nitrogens with two attached hydrogens (primary N) is 1. The molecule has 1 nitrogen and oxygen atoms in total. The van der Waals surface area contributed by atoms with Crippen LogP contribution in [0.2, 0.25) is 0 Å². The highest BCUT2D eigenvalue weighted by molar-refractivity contribution is 8.43. The van der Waals surface area contributed by atoms with Crippen LogP contribution in [0.15, 0.2) is 28.0 Å². The summed E-state index contributed by atoms with van der Waals surface area (Å²) >= 11 is 5.73. The topological polar surface area (TPSA) is 26.0 Å². The highest BCUT2D eigenvalue weighted by Crippen LogP contribution is 2.33. The van der Waals surface area contributed by atoms with Gasteiger partial charge in [0.2, 0.25) is 0 Å². The Morgan fingerprint density at radius 1 is 1.50 bits per heavy atom. The molecule has 1 atom stereocenters. The molecule has 54 valence electrons. The summed E-state index contributed by atoms with van der Waals surface area (Å²) in [5.41, 5.74) is 6.44. The maximum atomic E-state index is 5.68. The normalized spacial score (nSPS) is 9.80. The molecule has 0 heterocycles. The quantitative estimate of drug-likeness (QED) is 0.403. The molecule has 0 aliphatic heterocycles. The van der Waals surface area contributed by atoms with E-state index in [4.69, 9.17) is 5.73 Å². The lowest BCUT2D eigenvalue weighted by Gasteiger charge is -2.02. The smallest absolute Gasteiger partial charge is 0.0591 e. The van der Waals surface area contributed by atoms with E-state index in [9.17, 15) is 0 Å². The number of para-hydroxylation sites is 1. The first-order valence-corrected chi connectivity index (χ1v) is 5.44. The van der Waals surface area contributed by atoms with Gasteiger partial charge in [0.1, 0.15) is 0 Å². The van der Waals surface area contributed by atoms with Crippen LogP contribution in [-0.4, -0.2) is 0 Å². The van der Waals surface area contributed by atoms with E-state index in [0.29, 0.717) is 0 Å². The standard InChI is InChI=1S/C6H8NPS2/c7-6-4(9)2-1-3-5(6)10-8/h1-3,9H,7-8H2. The zero-order valence-corrected chi connectivity index (χ0v) is 8.11. The Hall–Kier alpha value is 0.150. The van der Waals surface area contributed by atoms with Crippen molar-refractivity contribution in [1.82, 2.24) is 0 Å². The van der Waals surface area contributed by atoms with Crippen molar-refractivity contribution < 1.29 is 0 Å². The number of hydrogen-bond donors (Lipinski definition) is 2. The molecule has 0 saturated carbocycles. The number of hydrogen-bond acceptors (Lipinski definition) is 3. The molecule has 0 amide bonds. The van der Waals surface area contributed by atoms with Gasteiger partial charge in [-0.3, -0.25) is 0 Å². The zero-order chi connectivity index (χ0) is 7.56. The lowest BCUT2D eigenvalue weighted by Crippen LogP contribution is -1.87. The van der Waals surface area contributed by atoms with Crippen molar-refractivity contribution >= 4 is 38.1 Å². The molecule has 0 radical (unpaired) electrons. The molecule has 0 fully saturated rings. The van der Waals surface area contributed by atoms with Crippen LogP contribution in [0.3, 0.4) is 0 Å². The van der Waals surface area contributed by atoms with E-state index in [1.807, 2.05) is 18.2 Å². The van der Waals surface area contributed by atoms with Crippen LogP contribution < -0.4 is 5.73 Å². The third-order valence-corrected chi connectivity index (χ3v) is 2.93. The fraction of sp³-hybridized carbons (Fsp3) is 0. The number of benzene rings is 1. The summed E-state index contributed by atoms with van der Waals surface area (Å²) in [6, 6.07) is 5.78. The first kappa shape index (κ1) is 8.25. The van der Waals surface area contributed by atoms with Crippen LogP contribution in [0.5, 0.6) is 0 Å². The summed E-state index contributed by atoms with van der Waals surface area (Å²) in [7, 11) is 2.55. The Labute approximate surface area is 72.1 Å². The molecule has 0 spiro atoms. The van der Waals surface area contributed by atoms with Crippen LogP contribution in [0, 0.1) is 0 Å². The fourth-order valence-electron chi connectivity index (χ4n) is 0.635. The first-order valence-electron chi connectivity index (χ1n) is 2.70. The van der Waals surface area contributed by atoms with Gasteiger partial charge in [-0.25, -0.2) is 0 Å². The van der Waals surface area contributed by atoms with Crippen molar-refractivity contribution in [1.29, 1.82) is 0 Å². The van der Waals surface area contributed by atoms with Crippen LogP contribution in [-0.2, 0) is 0 Å². The minimum absolute atomic E-state index is 0.755. The summed E-state index contributed by atoms with van der Waals surface area (Å²) in [4.78, 5) is 1.89. The zero-order valence-electron chi connectivity index (χ0n) is 5.24. The SMILES string of the molecule is Nc1c(S)cccc1SP. The van der Waals surface area contributed by atoms with Gasteiger partial charge in [-0.1, -0.05) is 14.5 Å². The lowest BCUT2D eigenvalue weighted by molar-refractivity contribution is 1.35. The van der Waals surface area contributed by atoms with E-state index in [1.54, 1.807) is 11.4 Å². The number of thiol groups is 1. The molecule has 0 aromatic heterocycles. The van der Waals surface area contributed by atoms with Crippen LogP contribution in [0.4, 0.5) is 5.69 Å². The molecule has 0 bridgehead atoms. The Kier molecular flexibility index (Phi) is 2.90. The Morgan fingerprint density at radius 3 is 2.70 bits per heavy atom. The average Bonchev–Trinajstić information content (AvgIpc) is 1.95. The van der Waals surface area contributed by atoms with E-state index in [2.05, 4.69) is 21.1 Å². The van der Waals surface area contributed by atoms with Crippen molar-refractivity contribution in [3.63, 3.8) is 0 Å². The van der Waals surface area contributed by atoms with E-state index in [0.717, 1.165) is 15.5 Å². The van der Waals surface area contributed by atoms with Gasteiger partial charge in [0.15, 0.2) is 0 Å². The molecule has 0 aliphatic carbocycles. The van der Waals surface area contributed by atoms with Gasteiger partial charge in [0, 0.05) is 9.79 Å². The fourth-order valence-corrected chi connectivity index (χ4v) is 1.93. The van der Waals surface area contributed by atoms with E-state index in [-0.39, 0.29) is 0 Å². The molecule has 1 unspecified atom stereocenters. The van der Waals surface area contributed by atoms with Crippen molar-refractivity contribution in [3.8, 4) is 0 Å². The van der Waals surface area contributed by atoms with Gasteiger partial charge in [-0.2, -0.15) is 0 Å². The summed E-state index contributed by atoms with van der Waals surface area (Å²) in [6.45, 7) is 0. The van der Waals surface area contributed by atoms with Crippen molar-refractivity contribution in [3.05, 3.63) is 18.2 Å². The molecular weight excluding hydrogens is 181 g/mol. The van der Waals surface area contributed by atoms with Crippen molar-refractivity contribution in [2.75, 3.05) is 5.73 Å². The number of anilines is 1. The van der Waals surface area contributed by atoms with Gasteiger partial charge >= 0.3 is 0 Å². The van der Waals surface area contributed by atoms with Crippen LogP contribution in [0.25, 0.3) is 0 Å². The third-order valence-electron chi connectivity index (χ3n) is 1.17. The molecule has 0 saturated heterocycles. The Balaban J connectivity index is 3.14. The van der Waals surface area contributed by atoms with E-state index < -0.39 is 0 Å². The Morgan fingerprint density at radius 2 is 2.20 bits per heavy atom. The number of nitrogen functional groups attached to an aromatic ring is 1. The largest absolute Gasteiger partial charge is 0.397 e. The van der Waals surface area contributed by atoms with Gasteiger partial charge in [-0.05, 0) is 12.1 Å². The van der Waals surface area contributed by atoms with Crippen molar-refractivity contribution in [2.24, 2.45) is 0 Å². The predicted octanol–water partition coefficient (Wildman–Crippen LogP) is 2.44. The minimum atomic E-state index is 0.755. The number of rotatable bonds is 1. The van der Waals surface area contributed by atoms with Crippen LogP contribution in [0.1, 0.15) is 0 Å². The molecule has 1 rings (SSSR count). The maximum absolute atomic E-state index is 5.68. The second-order valence-electron chi connectivity index (χ2n) is 1.81. The Bertz CT molecular complexity index is 239. The predicted molar refractivity (Wildman–Crippen MR) is 53.7 cm³/mol. The average molecular weight is 189 g/mol. The molecule has 1 aromatic rings. The summed E-state index contributed by atoms with van der Waals surface area (Å²) < 4.78 is 0.